The van der Waals surface area contributed by atoms with E-state index in [9.17, 15) is 4.79 Å². The highest BCUT2D eigenvalue weighted by atomic mass is 16.2. The van der Waals surface area contributed by atoms with Crippen molar-refractivity contribution >= 4 is 17.7 Å². The van der Waals surface area contributed by atoms with Crippen LogP contribution in [0.25, 0.3) is 6.08 Å². The van der Waals surface area contributed by atoms with Gasteiger partial charge in [-0.25, -0.2) is 0 Å². The van der Waals surface area contributed by atoms with Crippen molar-refractivity contribution in [1.29, 1.82) is 0 Å². The van der Waals surface area contributed by atoms with Crippen molar-refractivity contribution < 1.29 is 4.79 Å². The van der Waals surface area contributed by atoms with Crippen LogP contribution in [0, 0.1) is 18.8 Å². The van der Waals surface area contributed by atoms with Crippen LogP contribution in [0.4, 0.5) is 5.69 Å². The van der Waals surface area contributed by atoms with Gasteiger partial charge in [-0.15, -0.1) is 0 Å². The van der Waals surface area contributed by atoms with E-state index in [1.54, 1.807) is 0 Å². The van der Waals surface area contributed by atoms with Crippen LogP contribution < -0.4 is 20.9 Å². The van der Waals surface area contributed by atoms with E-state index in [-0.39, 0.29) is 30.2 Å². The summed E-state index contributed by atoms with van der Waals surface area (Å²) in [5.74, 6) is 0.239. The maximum atomic E-state index is 13.3. The SMILES string of the molecule is Cc1ccccc1/C=C/C1CCNC2NC(N3c4ccccc4CC3C)NC(=O)C12. The third kappa shape index (κ3) is 3.42. The van der Waals surface area contributed by atoms with Crippen molar-refractivity contribution in [3.05, 3.63) is 71.3 Å². The summed E-state index contributed by atoms with van der Waals surface area (Å²) < 4.78 is 0. The number of allylic oxidation sites excluding steroid dienone is 1. The monoisotopic (exact) mass is 402 g/mol. The van der Waals surface area contributed by atoms with E-state index in [0.29, 0.717) is 6.04 Å². The summed E-state index contributed by atoms with van der Waals surface area (Å²) >= 11 is 0. The Kier molecular flexibility index (Phi) is 5.09. The molecule has 5 heteroatoms. The van der Waals surface area contributed by atoms with Crippen molar-refractivity contribution in [1.82, 2.24) is 16.0 Å². The molecule has 3 aliphatic heterocycles. The Labute approximate surface area is 178 Å². The van der Waals surface area contributed by atoms with E-state index in [2.05, 4.69) is 95.4 Å². The van der Waals surface area contributed by atoms with Gasteiger partial charge in [-0.3, -0.25) is 10.1 Å². The number of benzene rings is 2. The Bertz CT molecular complexity index is 971. The van der Waals surface area contributed by atoms with Gasteiger partial charge in [-0.05, 0) is 61.9 Å². The highest BCUT2D eigenvalue weighted by molar-refractivity contribution is 5.82. The zero-order valence-electron chi connectivity index (χ0n) is 17.6. The van der Waals surface area contributed by atoms with Gasteiger partial charge in [-0.1, -0.05) is 54.6 Å². The Balaban J connectivity index is 1.35. The molecule has 1 amide bonds. The summed E-state index contributed by atoms with van der Waals surface area (Å²) in [6.45, 7) is 5.25. The Morgan fingerprint density at radius 3 is 2.77 bits per heavy atom. The first kappa shape index (κ1) is 19.3. The Morgan fingerprint density at radius 2 is 1.90 bits per heavy atom. The van der Waals surface area contributed by atoms with Gasteiger partial charge < -0.3 is 15.5 Å². The number of anilines is 1. The van der Waals surface area contributed by atoms with Gasteiger partial charge in [0.1, 0.15) is 0 Å². The molecule has 5 unspecified atom stereocenters. The molecule has 0 saturated carbocycles. The van der Waals surface area contributed by atoms with E-state index >= 15 is 0 Å². The van der Waals surface area contributed by atoms with Gasteiger partial charge in [0.05, 0.1) is 12.1 Å². The van der Waals surface area contributed by atoms with E-state index in [1.165, 1.54) is 22.4 Å². The number of nitrogens with zero attached hydrogens (tertiary/aromatic N) is 1. The molecule has 0 aromatic heterocycles. The second-order valence-electron chi connectivity index (χ2n) is 8.79. The van der Waals surface area contributed by atoms with Crippen molar-refractivity contribution in [2.45, 2.75) is 45.2 Å². The lowest BCUT2D eigenvalue weighted by molar-refractivity contribution is -0.132. The molecule has 3 N–H and O–H groups in total. The number of aryl methyl sites for hydroxylation is 1. The number of hydrogen-bond acceptors (Lipinski definition) is 4. The number of rotatable bonds is 3. The lowest BCUT2D eigenvalue weighted by Gasteiger charge is -2.47. The average molecular weight is 403 g/mol. The van der Waals surface area contributed by atoms with Gasteiger partial charge in [0, 0.05) is 11.7 Å². The van der Waals surface area contributed by atoms with Crippen LogP contribution in [0.2, 0.25) is 0 Å². The highest BCUT2D eigenvalue weighted by Crippen LogP contribution is 2.35. The van der Waals surface area contributed by atoms with Crippen LogP contribution in [0.15, 0.2) is 54.6 Å². The Hall–Kier alpha value is -2.63. The molecule has 5 rings (SSSR count). The molecule has 5 atom stereocenters. The number of fused-ring (bicyclic) bond motifs is 2. The predicted molar refractivity (Wildman–Crippen MR) is 121 cm³/mol. The minimum absolute atomic E-state index is 0.0241. The zero-order chi connectivity index (χ0) is 20.7. The minimum Gasteiger partial charge on any atom is -0.336 e. The van der Waals surface area contributed by atoms with Crippen LogP contribution in [0.3, 0.4) is 0 Å². The lowest BCUT2D eigenvalue weighted by atomic mass is 9.81. The van der Waals surface area contributed by atoms with Crippen LogP contribution in [0.5, 0.6) is 0 Å². The number of carbonyl (C=O) groups is 1. The molecular weight excluding hydrogens is 372 g/mol. The summed E-state index contributed by atoms with van der Waals surface area (Å²) in [5.41, 5.74) is 5.04. The maximum absolute atomic E-state index is 13.3. The maximum Gasteiger partial charge on any atom is 0.229 e. The molecule has 156 valence electrons. The van der Waals surface area contributed by atoms with E-state index in [4.69, 9.17) is 0 Å². The Morgan fingerprint density at radius 1 is 1.10 bits per heavy atom. The molecule has 30 heavy (non-hydrogen) atoms. The molecule has 3 aliphatic rings. The lowest BCUT2D eigenvalue weighted by Crippen LogP contribution is -2.73. The van der Waals surface area contributed by atoms with Crippen molar-refractivity contribution in [3.63, 3.8) is 0 Å². The molecular formula is C25H30N4O. The first-order valence-electron chi connectivity index (χ1n) is 11.0. The van der Waals surface area contributed by atoms with Gasteiger partial charge in [0.15, 0.2) is 6.29 Å². The molecule has 0 spiro atoms. The van der Waals surface area contributed by atoms with Gasteiger partial charge in [0.2, 0.25) is 5.91 Å². The van der Waals surface area contributed by atoms with E-state index < -0.39 is 0 Å². The van der Waals surface area contributed by atoms with Crippen molar-refractivity contribution in [3.8, 4) is 0 Å². The molecule has 3 heterocycles. The van der Waals surface area contributed by atoms with Gasteiger partial charge in [-0.2, -0.15) is 0 Å². The zero-order valence-corrected chi connectivity index (χ0v) is 17.6. The normalized spacial score (nSPS) is 30.8. The second kappa shape index (κ2) is 7.89. The third-order valence-electron chi connectivity index (χ3n) is 6.83. The molecule has 0 aliphatic carbocycles. The molecule has 0 radical (unpaired) electrons. The van der Waals surface area contributed by atoms with E-state index in [0.717, 1.165) is 19.4 Å². The van der Waals surface area contributed by atoms with Gasteiger partial charge >= 0.3 is 0 Å². The number of carbonyl (C=O) groups excluding carboxylic acids is 1. The van der Waals surface area contributed by atoms with Crippen LogP contribution >= 0.6 is 0 Å². The summed E-state index contributed by atoms with van der Waals surface area (Å²) in [4.78, 5) is 15.6. The molecule has 2 aromatic rings. The molecule has 2 aromatic carbocycles. The smallest absolute Gasteiger partial charge is 0.229 e. The summed E-state index contributed by atoms with van der Waals surface area (Å²) in [5, 5.41) is 10.5. The first-order chi connectivity index (χ1) is 14.6. The molecule has 2 saturated heterocycles. The standard InChI is InChI=1S/C25H30N4O/c1-16-7-3-4-8-18(16)11-12-19-13-14-26-23-22(19)24(30)28-25(27-23)29-17(2)15-20-9-5-6-10-21(20)29/h3-12,17,19,22-23,25-27H,13-15H2,1-2H3,(H,28,30)/b12-11+. The molecule has 2 fully saturated rings. The number of nitrogens with one attached hydrogen (secondary N) is 3. The predicted octanol–water partition coefficient (Wildman–Crippen LogP) is 3.01. The fraction of sp³-hybridized carbons (Fsp3) is 0.400. The summed E-state index contributed by atoms with van der Waals surface area (Å²) in [6.07, 6.45) is 6.17. The second-order valence-corrected chi connectivity index (χ2v) is 8.79. The van der Waals surface area contributed by atoms with Crippen LogP contribution in [-0.4, -0.2) is 30.9 Å². The van der Waals surface area contributed by atoms with Crippen LogP contribution in [0.1, 0.15) is 30.0 Å². The highest BCUT2D eigenvalue weighted by Gasteiger charge is 2.45. The van der Waals surface area contributed by atoms with Crippen LogP contribution in [-0.2, 0) is 11.2 Å². The summed E-state index contributed by atoms with van der Waals surface area (Å²) in [6, 6.07) is 17.2. The van der Waals surface area contributed by atoms with Crippen molar-refractivity contribution in [2.75, 3.05) is 11.4 Å². The van der Waals surface area contributed by atoms with Crippen molar-refractivity contribution in [2.24, 2.45) is 11.8 Å². The topological polar surface area (TPSA) is 56.4 Å². The number of hydrogen-bond donors (Lipinski definition) is 3. The number of amides is 1. The minimum atomic E-state index is -0.191. The largest absolute Gasteiger partial charge is 0.336 e. The quantitative estimate of drug-likeness (QED) is 0.739. The first-order valence-corrected chi connectivity index (χ1v) is 11.0. The van der Waals surface area contributed by atoms with E-state index in [1.807, 2.05) is 0 Å². The summed E-state index contributed by atoms with van der Waals surface area (Å²) in [7, 11) is 0. The number of piperidine rings is 1. The van der Waals surface area contributed by atoms with Gasteiger partial charge in [0.25, 0.3) is 0 Å². The number of para-hydroxylation sites is 1. The molecule has 0 bridgehead atoms. The molecule has 5 nitrogen and oxygen atoms in total. The third-order valence-corrected chi connectivity index (χ3v) is 6.83. The average Bonchev–Trinajstić information content (AvgIpc) is 3.08. The fourth-order valence-corrected chi connectivity index (χ4v) is 5.26. The fourth-order valence-electron chi connectivity index (χ4n) is 5.26.